The number of rotatable bonds is 4. The van der Waals surface area contributed by atoms with Gasteiger partial charge in [0.1, 0.15) is 22.8 Å². The van der Waals surface area contributed by atoms with E-state index in [1.807, 2.05) is 6.92 Å². The highest BCUT2D eigenvalue weighted by molar-refractivity contribution is 5.81. The lowest BCUT2D eigenvalue weighted by atomic mass is 10.1. The predicted octanol–water partition coefficient (Wildman–Crippen LogP) is 6.50. The molecule has 0 radical (unpaired) electrons. The van der Waals surface area contributed by atoms with Gasteiger partial charge in [-0.15, -0.1) is 0 Å². The number of imidazole rings is 1. The van der Waals surface area contributed by atoms with Crippen LogP contribution < -0.4 is 4.74 Å². The maximum Gasteiger partial charge on any atom is 0.433 e. The third kappa shape index (κ3) is 4.50. The maximum absolute atomic E-state index is 13.7. The maximum atomic E-state index is 13.7. The number of pyridine rings is 1. The lowest BCUT2D eigenvalue weighted by Gasteiger charge is -2.13. The molecule has 33 heavy (non-hydrogen) atoms. The van der Waals surface area contributed by atoms with Crippen molar-refractivity contribution in [2.75, 3.05) is 7.11 Å². The van der Waals surface area contributed by atoms with Crippen LogP contribution in [0.25, 0.3) is 22.6 Å². The Balaban J connectivity index is 2.01. The molecule has 2 aromatic heterocycles. The number of alkyl halides is 6. The number of hydrogen-bond donors (Lipinski definition) is 0. The van der Waals surface area contributed by atoms with Crippen molar-refractivity contribution in [3.8, 4) is 17.1 Å². The number of aromatic nitrogens is 3. The van der Waals surface area contributed by atoms with Crippen LogP contribution in [0.5, 0.6) is 5.75 Å². The largest absolute Gasteiger partial charge is 0.497 e. The van der Waals surface area contributed by atoms with Gasteiger partial charge < -0.3 is 9.30 Å². The van der Waals surface area contributed by atoms with E-state index in [9.17, 15) is 26.3 Å². The fraction of sp³-hybridized carbons (Fsp3) is 0.217. The molecule has 0 amide bonds. The van der Waals surface area contributed by atoms with Crippen LogP contribution in [-0.4, -0.2) is 21.6 Å². The number of aryl methyl sites for hydroxylation is 1. The Labute approximate surface area is 184 Å². The molecule has 0 saturated carbocycles. The molecule has 0 aliphatic rings. The first-order chi connectivity index (χ1) is 15.5. The highest BCUT2D eigenvalue weighted by Crippen LogP contribution is 2.39. The smallest absolute Gasteiger partial charge is 0.433 e. The summed E-state index contributed by atoms with van der Waals surface area (Å²) in [5.74, 6) is 0.642. The van der Waals surface area contributed by atoms with Crippen LogP contribution in [0.3, 0.4) is 0 Å². The van der Waals surface area contributed by atoms with Gasteiger partial charge in [-0.25, -0.2) is 9.97 Å². The number of hydrogen-bond acceptors (Lipinski definition) is 3. The molecular formula is C23H17F6N3O. The summed E-state index contributed by atoms with van der Waals surface area (Å²) in [6.45, 7) is 1.79. The Hall–Kier alpha value is -3.56. The molecule has 2 heterocycles. The van der Waals surface area contributed by atoms with Gasteiger partial charge >= 0.3 is 12.4 Å². The van der Waals surface area contributed by atoms with Crippen molar-refractivity contribution < 1.29 is 31.1 Å². The Bertz CT molecular complexity index is 1290. The molecule has 4 aromatic rings. The molecule has 2 aromatic carbocycles. The van der Waals surface area contributed by atoms with E-state index in [1.54, 1.807) is 48.5 Å². The molecule has 4 rings (SSSR count). The molecule has 0 spiro atoms. The number of methoxy groups -OCH3 is 1. The minimum absolute atomic E-state index is 0.00593. The third-order valence-corrected chi connectivity index (χ3v) is 5.11. The van der Waals surface area contributed by atoms with Crippen molar-refractivity contribution in [2.24, 2.45) is 0 Å². The van der Waals surface area contributed by atoms with Crippen molar-refractivity contribution in [3.05, 3.63) is 77.0 Å². The van der Waals surface area contributed by atoms with E-state index in [0.29, 0.717) is 16.9 Å². The van der Waals surface area contributed by atoms with Crippen LogP contribution in [0.4, 0.5) is 26.3 Å². The van der Waals surface area contributed by atoms with Gasteiger partial charge in [0.2, 0.25) is 0 Å². The SMILES string of the molecule is COc1ccc(Cn2c(-c3ccc(C)cc3)nc3c(C(F)(F)F)cc(C(F)(F)F)nc32)cc1. The first kappa shape index (κ1) is 22.6. The van der Waals surface area contributed by atoms with E-state index < -0.39 is 34.8 Å². The molecule has 172 valence electrons. The highest BCUT2D eigenvalue weighted by atomic mass is 19.4. The zero-order chi connectivity index (χ0) is 24.0. The first-order valence-electron chi connectivity index (χ1n) is 9.73. The number of halogens is 6. The summed E-state index contributed by atoms with van der Waals surface area (Å²) in [6.07, 6.45) is -10.1. The summed E-state index contributed by atoms with van der Waals surface area (Å²) in [7, 11) is 1.48. The van der Waals surface area contributed by atoms with Crippen molar-refractivity contribution in [2.45, 2.75) is 25.8 Å². The molecule has 0 unspecified atom stereocenters. The van der Waals surface area contributed by atoms with E-state index in [0.717, 1.165) is 5.56 Å². The second kappa shape index (κ2) is 8.09. The van der Waals surface area contributed by atoms with E-state index in [4.69, 9.17) is 4.74 Å². The molecule has 0 aliphatic heterocycles. The Morgan fingerprint density at radius 2 is 1.48 bits per heavy atom. The van der Waals surface area contributed by atoms with Crippen molar-refractivity contribution >= 4 is 11.2 Å². The molecule has 0 atom stereocenters. The molecule has 0 fully saturated rings. The molecule has 0 bridgehead atoms. The third-order valence-electron chi connectivity index (χ3n) is 5.11. The molecule has 10 heteroatoms. The van der Waals surface area contributed by atoms with Crippen molar-refractivity contribution in [3.63, 3.8) is 0 Å². The van der Waals surface area contributed by atoms with Crippen LogP contribution in [-0.2, 0) is 18.9 Å². The number of benzene rings is 2. The van der Waals surface area contributed by atoms with Crippen LogP contribution in [0.15, 0.2) is 54.6 Å². The quantitative estimate of drug-likeness (QED) is 0.323. The number of ether oxygens (including phenoxy) is 1. The normalized spacial score (nSPS) is 12.4. The van der Waals surface area contributed by atoms with Gasteiger partial charge in [-0.2, -0.15) is 26.3 Å². The van der Waals surface area contributed by atoms with Crippen molar-refractivity contribution in [1.82, 2.24) is 14.5 Å². The van der Waals surface area contributed by atoms with Gasteiger partial charge in [-0.05, 0) is 30.7 Å². The molecule has 0 saturated heterocycles. The summed E-state index contributed by atoms with van der Waals surface area (Å²) < 4.78 is 87.9. The first-order valence-corrected chi connectivity index (χ1v) is 9.73. The summed E-state index contributed by atoms with van der Waals surface area (Å²) >= 11 is 0. The zero-order valence-corrected chi connectivity index (χ0v) is 17.4. The molecule has 4 nitrogen and oxygen atoms in total. The van der Waals surface area contributed by atoms with Gasteiger partial charge in [-0.3, -0.25) is 0 Å². The fourth-order valence-electron chi connectivity index (χ4n) is 3.44. The Morgan fingerprint density at radius 3 is 2.03 bits per heavy atom. The lowest BCUT2D eigenvalue weighted by Crippen LogP contribution is -2.14. The van der Waals surface area contributed by atoms with E-state index >= 15 is 0 Å². The van der Waals surface area contributed by atoms with Crippen LogP contribution in [0.2, 0.25) is 0 Å². The standard InChI is InChI=1S/C23H17F6N3O/c1-13-3-7-15(8-4-13)20-31-19-17(22(24,25)26)11-18(23(27,28)29)30-21(19)32(20)12-14-5-9-16(33-2)10-6-14/h3-11H,12H2,1-2H3. The zero-order valence-electron chi connectivity index (χ0n) is 17.4. The summed E-state index contributed by atoms with van der Waals surface area (Å²) in [5, 5.41) is 0. The average Bonchev–Trinajstić information content (AvgIpc) is 3.11. The van der Waals surface area contributed by atoms with E-state index in [1.165, 1.54) is 11.7 Å². The van der Waals surface area contributed by atoms with Crippen molar-refractivity contribution in [1.29, 1.82) is 0 Å². The van der Waals surface area contributed by atoms with Crippen LogP contribution >= 0.6 is 0 Å². The van der Waals surface area contributed by atoms with Gasteiger partial charge in [-0.1, -0.05) is 42.0 Å². The van der Waals surface area contributed by atoms with Crippen LogP contribution in [0.1, 0.15) is 22.4 Å². The molecule has 0 aliphatic carbocycles. The molecular weight excluding hydrogens is 448 g/mol. The minimum Gasteiger partial charge on any atom is -0.497 e. The average molecular weight is 465 g/mol. The minimum atomic E-state index is -5.06. The van der Waals surface area contributed by atoms with E-state index in [-0.39, 0.29) is 18.4 Å². The fourth-order valence-corrected chi connectivity index (χ4v) is 3.44. The summed E-state index contributed by atoms with van der Waals surface area (Å²) in [6, 6.07) is 13.4. The Morgan fingerprint density at radius 1 is 0.848 bits per heavy atom. The van der Waals surface area contributed by atoms with Gasteiger partial charge in [0.25, 0.3) is 0 Å². The monoisotopic (exact) mass is 465 g/mol. The number of nitrogens with zero attached hydrogens (tertiary/aromatic N) is 3. The van der Waals surface area contributed by atoms with Crippen LogP contribution in [0, 0.1) is 6.92 Å². The second-order valence-electron chi connectivity index (χ2n) is 7.46. The van der Waals surface area contributed by atoms with Gasteiger partial charge in [0, 0.05) is 5.56 Å². The highest BCUT2D eigenvalue weighted by Gasteiger charge is 2.41. The predicted molar refractivity (Wildman–Crippen MR) is 110 cm³/mol. The van der Waals surface area contributed by atoms with Gasteiger partial charge in [0.15, 0.2) is 5.65 Å². The lowest BCUT2D eigenvalue weighted by molar-refractivity contribution is -0.144. The summed E-state index contributed by atoms with van der Waals surface area (Å²) in [5.41, 5.74) is -2.27. The summed E-state index contributed by atoms with van der Waals surface area (Å²) in [4.78, 5) is 7.69. The number of fused-ring (bicyclic) bond motifs is 1. The second-order valence-corrected chi connectivity index (χ2v) is 7.46. The topological polar surface area (TPSA) is 39.9 Å². The Kier molecular flexibility index (Phi) is 5.55. The van der Waals surface area contributed by atoms with E-state index in [2.05, 4.69) is 9.97 Å². The molecule has 0 N–H and O–H groups in total. The van der Waals surface area contributed by atoms with Gasteiger partial charge in [0.05, 0.1) is 19.2 Å².